The van der Waals surface area contributed by atoms with E-state index in [4.69, 9.17) is 16.2 Å². The molecule has 0 aliphatic carbocycles. The fraction of sp³-hybridized carbons (Fsp3) is 0.0769. The number of rotatable bonds is 5. The SMILES string of the molecule is O=S(=O)(O)CNc1ccc(N=Nc2cccc(Cl)c2)cc1. The summed E-state index contributed by atoms with van der Waals surface area (Å²) < 4.78 is 29.8. The van der Waals surface area contributed by atoms with Crippen molar-refractivity contribution < 1.29 is 13.0 Å². The van der Waals surface area contributed by atoms with Gasteiger partial charge in [0.15, 0.2) is 0 Å². The molecule has 0 amide bonds. The second-order valence-electron chi connectivity index (χ2n) is 4.13. The largest absolute Gasteiger partial charge is 0.370 e. The molecule has 0 aliphatic heterocycles. The number of halogens is 1. The topological polar surface area (TPSA) is 91.1 Å². The summed E-state index contributed by atoms with van der Waals surface area (Å²) in [5, 5.41) is 11.2. The molecule has 0 bridgehead atoms. The van der Waals surface area contributed by atoms with Gasteiger partial charge in [0.25, 0.3) is 10.1 Å². The van der Waals surface area contributed by atoms with E-state index in [-0.39, 0.29) is 0 Å². The van der Waals surface area contributed by atoms with Crippen LogP contribution in [0.1, 0.15) is 0 Å². The lowest BCUT2D eigenvalue weighted by Gasteiger charge is -2.03. The van der Waals surface area contributed by atoms with Crippen LogP contribution >= 0.6 is 11.6 Å². The third-order valence-electron chi connectivity index (χ3n) is 2.42. The number of benzene rings is 2. The van der Waals surface area contributed by atoms with Crippen LogP contribution < -0.4 is 5.32 Å². The lowest BCUT2D eigenvalue weighted by atomic mass is 10.3. The number of nitrogens with one attached hydrogen (secondary N) is 1. The molecule has 0 unspecified atom stereocenters. The fourth-order valence-corrected chi connectivity index (χ4v) is 2.01. The quantitative estimate of drug-likeness (QED) is 0.641. The van der Waals surface area contributed by atoms with Crippen molar-refractivity contribution in [1.82, 2.24) is 0 Å². The average Bonchev–Trinajstić information content (AvgIpc) is 2.43. The van der Waals surface area contributed by atoms with Crippen LogP contribution in [0.3, 0.4) is 0 Å². The van der Waals surface area contributed by atoms with E-state index in [1.165, 1.54) is 0 Å². The molecular weight excluding hydrogens is 314 g/mol. The molecule has 0 fully saturated rings. The first-order valence-corrected chi connectivity index (χ1v) is 7.87. The Morgan fingerprint density at radius 1 is 1.05 bits per heavy atom. The average molecular weight is 326 g/mol. The first-order chi connectivity index (χ1) is 9.92. The van der Waals surface area contributed by atoms with Crippen molar-refractivity contribution in [3.8, 4) is 0 Å². The van der Waals surface area contributed by atoms with Gasteiger partial charge in [0.05, 0.1) is 11.4 Å². The molecule has 0 aromatic heterocycles. The Kier molecular flexibility index (Phi) is 4.89. The Morgan fingerprint density at radius 3 is 2.33 bits per heavy atom. The van der Waals surface area contributed by atoms with E-state index in [1.54, 1.807) is 48.5 Å². The highest BCUT2D eigenvalue weighted by Gasteiger charge is 2.03. The van der Waals surface area contributed by atoms with Gasteiger partial charge in [-0.15, -0.1) is 0 Å². The monoisotopic (exact) mass is 325 g/mol. The summed E-state index contributed by atoms with van der Waals surface area (Å²) in [5.74, 6) is -0.545. The third-order valence-corrected chi connectivity index (χ3v) is 3.16. The summed E-state index contributed by atoms with van der Waals surface area (Å²) in [6.45, 7) is 0. The summed E-state index contributed by atoms with van der Waals surface area (Å²) in [4.78, 5) is 0. The molecule has 2 rings (SSSR count). The Morgan fingerprint density at radius 2 is 1.71 bits per heavy atom. The van der Waals surface area contributed by atoms with Crippen LogP contribution in [0.15, 0.2) is 58.8 Å². The molecule has 0 aliphatic rings. The molecule has 0 saturated heterocycles. The van der Waals surface area contributed by atoms with Crippen molar-refractivity contribution in [1.29, 1.82) is 0 Å². The predicted molar refractivity (Wildman–Crippen MR) is 82.1 cm³/mol. The van der Waals surface area contributed by atoms with Crippen LogP contribution in [-0.4, -0.2) is 18.8 Å². The van der Waals surface area contributed by atoms with Gasteiger partial charge in [0.1, 0.15) is 5.88 Å². The van der Waals surface area contributed by atoms with E-state index in [0.29, 0.717) is 22.1 Å². The van der Waals surface area contributed by atoms with Crippen LogP contribution in [0.2, 0.25) is 5.02 Å². The standard InChI is InChI=1S/C13H12ClN3O3S/c14-10-2-1-3-13(8-10)17-16-12-6-4-11(5-7-12)15-9-21(18,19)20/h1-8,15H,9H2,(H,18,19,20). The van der Waals surface area contributed by atoms with E-state index >= 15 is 0 Å². The Hall–Kier alpha value is -1.96. The molecule has 0 heterocycles. The Bertz CT molecular complexity index is 746. The van der Waals surface area contributed by atoms with E-state index < -0.39 is 16.0 Å². The van der Waals surface area contributed by atoms with Crippen LogP contribution in [0, 0.1) is 0 Å². The number of hydrogen-bond acceptors (Lipinski definition) is 5. The second-order valence-corrected chi connectivity index (χ2v) is 6.02. The van der Waals surface area contributed by atoms with Gasteiger partial charge in [-0.2, -0.15) is 18.6 Å². The van der Waals surface area contributed by atoms with Gasteiger partial charge >= 0.3 is 0 Å². The van der Waals surface area contributed by atoms with Crippen LogP contribution in [0.5, 0.6) is 0 Å². The lowest BCUT2D eigenvalue weighted by Crippen LogP contribution is -2.12. The molecule has 2 aromatic rings. The van der Waals surface area contributed by atoms with E-state index in [2.05, 4.69) is 15.5 Å². The Labute approximate surface area is 127 Å². The Balaban J connectivity index is 2.02. The highest BCUT2D eigenvalue weighted by atomic mass is 35.5. The number of anilines is 1. The molecule has 0 spiro atoms. The van der Waals surface area contributed by atoms with Gasteiger partial charge in [0.2, 0.25) is 0 Å². The molecular formula is C13H12ClN3O3S. The minimum atomic E-state index is -4.05. The zero-order chi connectivity index (χ0) is 15.3. The van der Waals surface area contributed by atoms with Gasteiger partial charge in [-0.1, -0.05) is 17.7 Å². The van der Waals surface area contributed by atoms with Crippen molar-refractivity contribution in [2.45, 2.75) is 0 Å². The molecule has 0 radical (unpaired) electrons. The normalized spacial score (nSPS) is 11.7. The maximum Gasteiger partial charge on any atom is 0.283 e. The zero-order valence-corrected chi connectivity index (χ0v) is 12.3. The minimum absolute atomic E-state index is 0.545. The first kappa shape index (κ1) is 15.4. The van der Waals surface area contributed by atoms with E-state index in [0.717, 1.165) is 0 Å². The number of hydrogen-bond donors (Lipinski definition) is 2. The molecule has 8 heteroatoms. The van der Waals surface area contributed by atoms with Crippen molar-refractivity contribution in [3.05, 3.63) is 53.6 Å². The zero-order valence-electron chi connectivity index (χ0n) is 10.8. The van der Waals surface area contributed by atoms with Crippen LogP contribution in [0.4, 0.5) is 17.1 Å². The highest BCUT2D eigenvalue weighted by Crippen LogP contribution is 2.22. The second kappa shape index (κ2) is 6.66. The van der Waals surface area contributed by atoms with Gasteiger partial charge in [-0.05, 0) is 42.5 Å². The van der Waals surface area contributed by atoms with Crippen molar-refractivity contribution in [2.24, 2.45) is 10.2 Å². The first-order valence-electron chi connectivity index (χ1n) is 5.89. The summed E-state index contributed by atoms with van der Waals surface area (Å²) in [5.41, 5.74) is 1.79. The smallest absolute Gasteiger partial charge is 0.283 e. The minimum Gasteiger partial charge on any atom is -0.370 e. The number of nitrogens with zero attached hydrogens (tertiary/aromatic N) is 2. The summed E-state index contributed by atoms with van der Waals surface area (Å²) in [6, 6.07) is 13.6. The van der Waals surface area contributed by atoms with E-state index in [1.807, 2.05) is 0 Å². The lowest BCUT2D eigenvalue weighted by molar-refractivity contribution is 0.485. The van der Waals surface area contributed by atoms with Gasteiger partial charge in [0, 0.05) is 10.7 Å². The highest BCUT2D eigenvalue weighted by molar-refractivity contribution is 7.85. The summed E-state index contributed by atoms with van der Waals surface area (Å²) in [6.07, 6.45) is 0. The van der Waals surface area contributed by atoms with Gasteiger partial charge < -0.3 is 5.32 Å². The summed E-state index contributed by atoms with van der Waals surface area (Å²) >= 11 is 5.84. The molecule has 110 valence electrons. The van der Waals surface area contributed by atoms with Crippen molar-refractivity contribution >= 4 is 38.8 Å². The van der Waals surface area contributed by atoms with E-state index in [9.17, 15) is 8.42 Å². The molecule has 21 heavy (non-hydrogen) atoms. The van der Waals surface area contributed by atoms with Gasteiger partial charge in [-0.3, -0.25) is 4.55 Å². The predicted octanol–water partition coefficient (Wildman–Crippen LogP) is 4.01. The fourth-order valence-electron chi connectivity index (χ4n) is 1.47. The molecule has 0 atom stereocenters. The van der Waals surface area contributed by atoms with Crippen molar-refractivity contribution in [3.63, 3.8) is 0 Å². The third kappa shape index (κ3) is 5.50. The summed E-state index contributed by atoms with van der Waals surface area (Å²) in [7, 11) is -4.05. The molecule has 2 aromatic carbocycles. The number of azo groups is 1. The molecule has 0 saturated carbocycles. The molecule has 6 nitrogen and oxygen atoms in total. The maximum atomic E-state index is 10.6. The van der Waals surface area contributed by atoms with Crippen LogP contribution in [-0.2, 0) is 10.1 Å². The van der Waals surface area contributed by atoms with Crippen molar-refractivity contribution in [2.75, 3.05) is 11.2 Å². The van der Waals surface area contributed by atoms with Crippen LogP contribution in [0.25, 0.3) is 0 Å². The molecule has 2 N–H and O–H groups in total. The maximum absolute atomic E-state index is 10.6. The van der Waals surface area contributed by atoms with Gasteiger partial charge in [-0.25, -0.2) is 0 Å².